The number of benzene rings is 2. The largest absolute Gasteiger partial charge is 0.489 e. The van der Waals surface area contributed by atoms with Gasteiger partial charge in [0.15, 0.2) is 6.61 Å². The number of rotatable bonds is 4. The zero-order valence-corrected chi connectivity index (χ0v) is 14.9. The summed E-state index contributed by atoms with van der Waals surface area (Å²) in [6.45, 7) is 2.04. The molecule has 1 aliphatic rings. The first-order valence-electron chi connectivity index (χ1n) is 8.40. The highest BCUT2D eigenvalue weighted by molar-refractivity contribution is 5.97. The molecule has 0 atom stereocenters. The molecule has 3 aromatic rings. The minimum atomic E-state index is -0.311. The van der Waals surface area contributed by atoms with Gasteiger partial charge in [0.1, 0.15) is 35.4 Å². The molecule has 0 saturated carbocycles. The van der Waals surface area contributed by atoms with E-state index in [1.54, 1.807) is 49.2 Å². The number of anilines is 1. The molecule has 0 radical (unpaired) electrons. The van der Waals surface area contributed by atoms with Gasteiger partial charge in [0.05, 0.1) is 11.3 Å². The first-order chi connectivity index (χ1) is 13.0. The molecule has 7 heteroatoms. The van der Waals surface area contributed by atoms with Crippen LogP contribution in [0.3, 0.4) is 0 Å². The molecule has 4 rings (SSSR count). The van der Waals surface area contributed by atoms with Gasteiger partial charge in [-0.1, -0.05) is 5.16 Å². The van der Waals surface area contributed by atoms with Crippen LogP contribution in [0.5, 0.6) is 11.5 Å². The first-order valence-corrected chi connectivity index (χ1v) is 8.40. The van der Waals surface area contributed by atoms with Gasteiger partial charge in [0, 0.05) is 18.7 Å². The minimum Gasteiger partial charge on any atom is -0.489 e. The number of nitrogens with zero attached hydrogens (tertiary/aromatic N) is 2. The SMILES string of the molecule is Cc1onc(-c2ccc(F)cc2)c1COc1ccc2c(c1)OCC(=O)N2C. The van der Waals surface area contributed by atoms with Crippen LogP contribution in [0.15, 0.2) is 47.0 Å². The Hall–Kier alpha value is -3.35. The van der Waals surface area contributed by atoms with E-state index in [2.05, 4.69) is 5.16 Å². The number of hydrogen-bond acceptors (Lipinski definition) is 5. The quantitative estimate of drug-likeness (QED) is 0.702. The molecular weight excluding hydrogens is 351 g/mol. The maximum absolute atomic E-state index is 13.2. The van der Waals surface area contributed by atoms with Crippen LogP contribution < -0.4 is 14.4 Å². The number of aromatic nitrogens is 1. The average molecular weight is 368 g/mol. The van der Waals surface area contributed by atoms with Gasteiger partial charge >= 0.3 is 0 Å². The van der Waals surface area contributed by atoms with Crippen molar-refractivity contribution in [2.75, 3.05) is 18.6 Å². The van der Waals surface area contributed by atoms with Crippen LogP contribution >= 0.6 is 0 Å². The standard InChI is InChI=1S/C20H17FN2O4/c1-12-16(20(22-27-12)13-3-5-14(21)6-4-13)10-25-15-7-8-17-18(9-15)26-11-19(24)23(17)2/h3-9H,10-11H2,1-2H3. The van der Waals surface area contributed by atoms with E-state index < -0.39 is 0 Å². The number of aryl methyl sites for hydroxylation is 1. The highest BCUT2D eigenvalue weighted by Crippen LogP contribution is 2.35. The molecule has 1 aromatic heterocycles. The van der Waals surface area contributed by atoms with E-state index in [1.165, 1.54) is 12.1 Å². The number of hydrogen-bond donors (Lipinski definition) is 0. The van der Waals surface area contributed by atoms with Crippen molar-refractivity contribution in [3.8, 4) is 22.8 Å². The predicted molar refractivity (Wildman–Crippen MR) is 96.3 cm³/mol. The Morgan fingerprint density at radius 1 is 1.22 bits per heavy atom. The smallest absolute Gasteiger partial charge is 0.264 e. The van der Waals surface area contributed by atoms with Gasteiger partial charge in [-0.15, -0.1) is 0 Å². The second kappa shape index (κ2) is 6.75. The molecule has 0 spiro atoms. The molecule has 2 aromatic carbocycles. The van der Waals surface area contributed by atoms with Crippen molar-refractivity contribution in [2.45, 2.75) is 13.5 Å². The van der Waals surface area contributed by atoms with Crippen LogP contribution in [0, 0.1) is 12.7 Å². The fraction of sp³-hybridized carbons (Fsp3) is 0.200. The molecule has 1 amide bonds. The maximum Gasteiger partial charge on any atom is 0.264 e. The van der Waals surface area contributed by atoms with Crippen LogP contribution in [0.1, 0.15) is 11.3 Å². The number of ether oxygens (including phenoxy) is 2. The van der Waals surface area contributed by atoms with Gasteiger partial charge in [0.25, 0.3) is 5.91 Å². The molecule has 0 aliphatic carbocycles. The summed E-state index contributed by atoms with van der Waals surface area (Å²) < 4.78 is 29.8. The van der Waals surface area contributed by atoms with E-state index >= 15 is 0 Å². The van der Waals surface area contributed by atoms with Crippen molar-refractivity contribution in [2.24, 2.45) is 0 Å². The van der Waals surface area contributed by atoms with Crippen molar-refractivity contribution in [1.29, 1.82) is 0 Å². The van der Waals surface area contributed by atoms with E-state index in [-0.39, 0.29) is 24.9 Å². The molecule has 0 bridgehead atoms. The zero-order chi connectivity index (χ0) is 19.0. The fourth-order valence-corrected chi connectivity index (χ4v) is 2.90. The van der Waals surface area contributed by atoms with E-state index in [9.17, 15) is 9.18 Å². The van der Waals surface area contributed by atoms with E-state index in [0.29, 0.717) is 28.6 Å². The number of carbonyl (C=O) groups excluding carboxylic acids is 1. The summed E-state index contributed by atoms with van der Waals surface area (Å²) in [6, 6.07) is 11.4. The number of carbonyl (C=O) groups is 1. The lowest BCUT2D eigenvalue weighted by molar-refractivity contribution is -0.120. The number of halogens is 1. The van der Waals surface area contributed by atoms with Gasteiger partial charge in [0.2, 0.25) is 0 Å². The average Bonchev–Trinajstić information content (AvgIpc) is 3.04. The normalized spacial score (nSPS) is 13.3. The third kappa shape index (κ3) is 3.23. The Bertz CT molecular complexity index is 998. The molecule has 27 heavy (non-hydrogen) atoms. The predicted octanol–water partition coefficient (Wildman–Crippen LogP) is 3.72. The van der Waals surface area contributed by atoms with Crippen molar-refractivity contribution < 1.29 is 23.2 Å². The molecule has 1 aliphatic heterocycles. The van der Waals surface area contributed by atoms with Gasteiger partial charge in [-0.3, -0.25) is 4.79 Å². The van der Waals surface area contributed by atoms with Crippen LogP contribution in [-0.2, 0) is 11.4 Å². The summed E-state index contributed by atoms with van der Waals surface area (Å²) in [5.74, 6) is 1.42. The summed E-state index contributed by atoms with van der Waals surface area (Å²) in [4.78, 5) is 13.2. The van der Waals surface area contributed by atoms with Crippen LogP contribution in [-0.4, -0.2) is 24.7 Å². The minimum absolute atomic E-state index is 0.00638. The van der Waals surface area contributed by atoms with Crippen LogP contribution in [0.25, 0.3) is 11.3 Å². The Morgan fingerprint density at radius 3 is 2.78 bits per heavy atom. The van der Waals surface area contributed by atoms with Crippen molar-refractivity contribution >= 4 is 11.6 Å². The lowest BCUT2D eigenvalue weighted by Gasteiger charge is -2.26. The summed E-state index contributed by atoms with van der Waals surface area (Å²) in [5.41, 5.74) is 2.85. The third-order valence-electron chi connectivity index (χ3n) is 4.50. The summed E-state index contributed by atoms with van der Waals surface area (Å²) in [5, 5.41) is 4.07. The lowest BCUT2D eigenvalue weighted by Crippen LogP contribution is -2.35. The van der Waals surface area contributed by atoms with E-state index in [1.807, 2.05) is 0 Å². The monoisotopic (exact) mass is 368 g/mol. The van der Waals surface area contributed by atoms with E-state index in [4.69, 9.17) is 14.0 Å². The Labute approximate surface area is 155 Å². The molecule has 2 heterocycles. The summed E-state index contributed by atoms with van der Waals surface area (Å²) in [7, 11) is 1.71. The van der Waals surface area contributed by atoms with Gasteiger partial charge in [-0.05, 0) is 43.3 Å². The fourth-order valence-electron chi connectivity index (χ4n) is 2.90. The lowest BCUT2D eigenvalue weighted by atomic mass is 10.1. The number of fused-ring (bicyclic) bond motifs is 1. The topological polar surface area (TPSA) is 64.8 Å². The molecule has 138 valence electrons. The second-order valence-corrected chi connectivity index (χ2v) is 6.23. The van der Waals surface area contributed by atoms with Crippen LogP contribution in [0.2, 0.25) is 0 Å². The number of amides is 1. The van der Waals surface area contributed by atoms with Gasteiger partial charge in [-0.25, -0.2) is 4.39 Å². The molecule has 0 fully saturated rings. The molecule has 0 N–H and O–H groups in total. The Morgan fingerprint density at radius 2 is 2.00 bits per heavy atom. The maximum atomic E-state index is 13.2. The third-order valence-corrected chi connectivity index (χ3v) is 4.50. The molecule has 0 saturated heterocycles. The van der Waals surface area contributed by atoms with Crippen molar-refractivity contribution in [3.05, 3.63) is 59.6 Å². The van der Waals surface area contributed by atoms with Gasteiger partial charge in [-0.2, -0.15) is 0 Å². The second-order valence-electron chi connectivity index (χ2n) is 6.23. The van der Waals surface area contributed by atoms with E-state index in [0.717, 1.165) is 11.1 Å². The molecule has 0 unspecified atom stereocenters. The van der Waals surface area contributed by atoms with Crippen molar-refractivity contribution in [3.63, 3.8) is 0 Å². The molecule has 6 nitrogen and oxygen atoms in total. The zero-order valence-electron chi connectivity index (χ0n) is 14.9. The van der Waals surface area contributed by atoms with Gasteiger partial charge < -0.3 is 18.9 Å². The summed E-state index contributed by atoms with van der Waals surface area (Å²) >= 11 is 0. The first kappa shape index (κ1) is 17.1. The Balaban J connectivity index is 1.55. The van der Waals surface area contributed by atoms with Crippen LogP contribution in [0.4, 0.5) is 10.1 Å². The Kier molecular flexibility index (Phi) is 4.27. The number of likely N-dealkylation sites (N-methyl/N-ethyl adjacent to an activating group) is 1. The highest BCUT2D eigenvalue weighted by atomic mass is 19.1. The molecular formula is C20H17FN2O4. The highest BCUT2D eigenvalue weighted by Gasteiger charge is 2.23. The summed E-state index contributed by atoms with van der Waals surface area (Å²) in [6.07, 6.45) is 0. The van der Waals surface area contributed by atoms with Crippen molar-refractivity contribution in [1.82, 2.24) is 5.16 Å².